The average Bonchev–Trinajstić information content (AvgIpc) is 3.12. The van der Waals surface area contributed by atoms with E-state index in [1.54, 1.807) is 11.3 Å². The van der Waals surface area contributed by atoms with Crippen molar-refractivity contribution in [1.29, 1.82) is 0 Å². The van der Waals surface area contributed by atoms with Gasteiger partial charge in [0.2, 0.25) is 0 Å². The van der Waals surface area contributed by atoms with Gasteiger partial charge in [-0.25, -0.2) is 12.8 Å². The van der Waals surface area contributed by atoms with Crippen LogP contribution in [-0.2, 0) is 16.3 Å². The van der Waals surface area contributed by atoms with Crippen molar-refractivity contribution < 1.29 is 12.8 Å². The Morgan fingerprint density at radius 2 is 1.96 bits per heavy atom. The Bertz CT molecular complexity index is 843. The molecule has 5 nitrogen and oxygen atoms in total. The minimum absolute atomic E-state index is 0. The third-order valence-corrected chi connectivity index (χ3v) is 6.51. The lowest BCUT2D eigenvalue weighted by Gasteiger charge is -2.13. The number of aliphatic imine (C=N–C) groups is 1. The average molecular weight is 539 g/mol. The molecule has 156 valence electrons. The summed E-state index contributed by atoms with van der Waals surface area (Å²) in [4.78, 5) is 5.59. The molecule has 28 heavy (non-hydrogen) atoms. The van der Waals surface area contributed by atoms with E-state index in [1.807, 2.05) is 13.0 Å². The Morgan fingerprint density at radius 1 is 1.21 bits per heavy atom. The summed E-state index contributed by atoms with van der Waals surface area (Å²) >= 11 is 1.73. The van der Waals surface area contributed by atoms with Gasteiger partial charge in [-0.15, -0.1) is 35.3 Å². The van der Waals surface area contributed by atoms with Crippen LogP contribution >= 0.6 is 35.3 Å². The topological polar surface area (TPSA) is 70.6 Å². The predicted molar refractivity (Wildman–Crippen MR) is 125 cm³/mol. The maximum Gasteiger partial charge on any atom is 0.191 e. The summed E-state index contributed by atoms with van der Waals surface area (Å²) in [6.45, 7) is 5.54. The van der Waals surface area contributed by atoms with E-state index in [2.05, 4.69) is 34.0 Å². The van der Waals surface area contributed by atoms with Crippen molar-refractivity contribution >= 4 is 51.1 Å². The lowest BCUT2D eigenvalue weighted by Crippen LogP contribution is -2.40. The molecule has 0 saturated heterocycles. The summed E-state index contributed by atoms with van der Waals surface area (Å²) < 4.78 is 38.3. The van der Waals surface area contributed by atoms with Crippen LogP contribution in [0.15, 0.2) is 51.7 Å². The van der Waals surface area contributed by atoms with E-state index in [-0.39, 0.29) is 41.2 Å². The molecule has 1 heterocycles. The number of hydrogen-bond acceptors (Lipinski definition) is 4. The van der Waals surface area contributed by atoms with Gasteiger partial charge in [-0.05, 0) is 42.8 Å². The van der Waals surface area contributed by atoms with E-state index in [0.717, 1.165) is 12.5 Å². The quantitative estimate of drug-likeness (QED) is 0.290. The summed E-state index contributed by atoms with van der Waals surface area (Å²) in [7, 11) is -3.69. The Morgan fingerprint density at radius 3 is 2.61 bits per heavy atom. The maximum atomic E-state index is 13.7. The molecular weight excluding hydrogens is 512 g/mol. The Hall–Kier alpha value is -1.20. The van der Waals surface area contributed by atoms with Crippen molar-refractivity contribution in [3.05, 3.63) is 52.5 Å². The number of nitrogens with zero attached hydrogens (tertiary/aromatic N) is 1. The molecule has 2 aromatic rings. The molecule has 0 bridgehead atoms. The van der Waals surface area contributed by atoms with Crippen LogP contribution in [-0.4, -0.2) is 39.8 Å². The van der Waals surface area contributed by atoms with Crippen LogP contribution in [0.1, 0.15) is 18.7 Å². The number of thiophene rings is 1. The van der Waals surface area contributed by atoms with Crippen LogP contribution in [0.25, 0.3) is 0 Å². The summed E-state index contributed by atoms with van der Waals surface area (Å²) in [5.74, 6) is 0.0179. The number of sulfone groups is 1. The minimum Gasteiger partial charge on any atom is -0.357 e. The van der Waals surface area contributed by atoms with Gasteiger partial charge >= 0.3 is 0 Å². The summed E-state index contributed by atoms with van der Waals surface area (Å²) in [5, 5.41) is 8.19. The van der Waals surface area contributed by atoms with Gasteiger partial charge < -0.3 is 10.6 Å². The normalized spacial score (nSPS) is 12.9. The van der Waals surface area contributed by atoms with Crippen LogP contribution in [0.3, 0.4) is 0 Å². The molecule has 1 aromatic heterocycles. The number of benzene rings is 1. The fourth-order valence-electron chi connectivity index (χ4n) is 2.54. The van der Waals surface area contributed by atoms with E-state index in [1.165, 1.54) is 23.1 Å². The summed E-state index contributed by atoms with van der Waals surface area (Å²) in [5.41, 5.74) is 0. The first-order chi connectivity index (χ1) is 12.9. The largest absolute Gasteiger partial charge is 0.357 e. The number of guanidine groups is 1. The van der Waals surface area contributed by atoms with E-state index >= 15 is 0 Å². The zero-order valence-corrected chi connectivity index (χ0v) is 20.0. The van der Waals surface area contributed by atoms with Crippen LogP contribution in [0, 0.1) is 11.7 Å². The molecule has 2 N–H and O–H groups in total. The second-order valence-corrected chi connectivity index (χ2v) is 9.39. The van der Waals surface area contributed by atoms with Crippen molar-refractivity contribution in [3.63, 3.8) is 0 Å². The van der Waals surface area contributed by atoms with Gasteiger partial charge in [0.1, 0.15) is 10.7 Å². The van der Waals surface area contributed by atoms with E-state index in [0.29, 0.717) is 25.0 Å². The fraction of sp³-hybridized carbons (Fsp3) is 0.421. The van der Waals surface area contributed by atoms with Crippen molar-refractivity contribution in [2.24, 2.45) is 10.9 Å². The molecule has 0 aliphatic rings. The SMILES string of the molecule is CCNC(=NCC(C)Cc1cccs1)NCCS(=O)(=O)c1ccccc1F.I. The van der Waals surface area contributed by atoms with Crippen LogP contribution in [0.2, 0.25) is 0 Å². The Kier molecular flexibility index (Phi) is 11.0. The van der Waals surface area contributed by atoms with Gasteiger partial charge in [0.15, 0.2) is 15.8 Å². The molecular formula is C19H27FIN3O2S2. The monoisotopic (exact) mass is 539 g/mol. The van der Waals surface area contributed by atoms with Crippen molar-refractivity contribution in [1.82, 2.24) is 10.6 Å². The second-order valence-electron chi connectivity index (χ2n) is 6.28. The van der Waals surface area contributed by atoms with Crippen LogP contribution in [0.5, 0.6) is 0 Å². The highest BCUT2D eigenvalue weighted by Gasteiger charge is 2.18. The van der Waals surface area contributed by atoms with Crippen molar-refractivity contribution in [2.45, 2.75) is 25.2 Å². The van der Waals surface area contributed by atoms with E-state index in [9.17, 15) is 12.8 Å². The van der Waals surface area contributed by atoms with Gasteiger partial charge in [0.05, 0.1) is 5.75 Å². The van der Waals surface area contributed by atoms with E-state index < -0.39 is 15.7 Å². The van der Waals surface area contributed by atoms with Crippen molar-refractivity contribution in [2.75, 3.05) is 25.4 Å². The third-order valence-electron chi connectivity index (χ3n) is 3.87. The predicted octanol–water partition coefficient (Wildman–Crippen LogP) is 3.71. The molecule has 1 atom stereocenters. The standard InChI is InChI=1S/C19H26FN3O2S2.HI/c1-3-21-19(23-14-15(2)13-16-7-6-11-26-16)22-10-12-27(24,25)18-9-5-4-8-17(18)20;/h4-9,11,15H,3,10,12-14H2,1-2H3,(H2,21,22,23);1H. The summed E-state index contributed by atoms with van der Waals surface area (Å²) in [6.07, 6.45) is 0.961. The molecule has 0 saturated carbocycles. The molecule has 0 radical (unpaired) electrons. The molecule has 9 heteroatoms. The molecule has 2 rings (SSSR count). The second kappa shape index (κ2) is 12.4. The smallest absolute Gasteiger partial charge is 0.191 e. The van der Waals surface area contributed by atoms with Crippen LogP contribution < -0.4 is 10.6 Å². The highest BCUT2D eigenvalue weighted by atomic mass is 127. The van der Waals surface area contributed by atoms with Gasteiger partial charge in [-0.2, -0.15) is 0 Å². The Labute approximate surface area is 187 Å². The maximum absolute atomic E-state index is 13.7. The number of hydrogen-bond donors (Lipinski definition) is 2. The first kappa shape index (κ1) is 24.8. The lowest BCUT2D eigenvalue weighted by molar-refractivity contribution is 0.566. The van der Waals surface area contributed by atoms with E-state index in [4.69, 9.17) is 0 Å². The molecule has 0 aliphatic carbocycles. The zero-order chi connectivity index (χ0) is 19.7. The zero-order valence-electron chi connectivity index (χ0n) is 16.0. The molecule has 0 amide bonds. The third kappa shape index (κ3) is 8.04. The van der Waals surface area contributed by atoms with Gasteiger partial charge in [-0.3, -0.25) is 4.99 Å². The number of rotatable bonds is 9. The summed E-state index contributed by atoms with van der Waals surface area (Å²) in [6, 6.07) is 9.58. The highest BCUT2D eigenvalue weighted by molar-refractivity contribution is 14.0. The fourth-order valence-corrected chi connectivity index (χ4v) is 4.65. The number of halogens is 2. The Balaban J connectivity index is 0.00000392. The van der Waals surface area contributed by atoms with Crippen molar-refractivity contribution in [3.8, 4) is 0 Å². The highest BCUT2D eigenvalue weighted by Crippen LogP contribution is 2.15. The van der Waals surface area contributed by atoms with Gasteiger partial charge in [0, 0.05) is 24.5 Å². The lowest BCUT2D eigenvalue weighted by atomic mass is 10.1. The minimum atomic E-state index is -3.69. The molecule has 0 spiro atoms. The first-order valence-corrected chi connectivity index (χ1v) is 11.5. The van der Waals surface area contributed by atoms with Gasteiger partial charge in [-0.1, -0.05) is 25.1 Å². The van der Waals surface area contributed by atoms with Crippen LogP contribution in [0.4, 0.5) is 4.39 Å². The van der Waals surface area contributed by atoms with Gasteiger partial charge in [0.25, 0.3) is 0 Å². The first-order valence-electron chi connectivity index (χ1n) is 8.94. The molecule has 1 unspecified atom stereocenters. The molecule has 0 aliphatic heterocycles. The molecule has 0 fully saturated rings. The number of nitrogens with one attached hydrogen (secondary N) is 2. The molecule has 1 aromatic carbocycles.